The summed E-state index contributed by atoms with van der Waals surface area (Å²) in [6, 6.07) is 0. The standard InChI is InChI=1S/C8H17NO3/c1-8(2,4-6-10)9-5-3-7(11)12/h9-10H,3-6H2,1-2H3,(H,11,12). The van der Waals surface area contributed by atoms with E-state index in [2.05, 4.69) is 5.32 Å². The Kier molecular flexibility index (Phi) is 4.85. The molecule has 0 rings (SSSR count). The Hall–Kier alpha value is -0.610. The largest absolute Gasteiger partial charge is 0.481 e. The van der Waals surface area contributed by atoms with Gasteiger partial charge in [-0.2, -0.15) is 0 Å². The second-order valence-corrected chi connectivity index (χ2v) is 3.43. The van der Waals surface area contributed by atoms with Crippen molar-refractivity contribution in [1.82, 2.24) is 5.32 Å². The number of carbonyl (C=O) groups is 1. The molecule has 0 amide bonds. The second-order valence-electron chi connectivity index (χ2n) is 3.43. The number of carboxylic acid groups (broad SMARTS) is 1. The first-order valence-corrected chi connectivity index (χ1v) is 4.05. The highest BCUT2D eigenvalue weighted by Gasteiger charge is 2.15. The summed E-state index contributed by atoms with van der Waals surface area (Å²) in [7, 11) is 0. The summed E-state index contributed by atoms with van der Waals surface area (Å²) >= 11 is 0. The summed E-state index contributed by atoms with van der Waals surface area (Å²) in [6.07, 6.45) is 0.751. The van der Waals surface area contributed by atoms with Gasteiger partial charge in [-0.25, -0.2) is 0 Å². The molecule has 4 heteroatoms. The fourth-order valence-corrected chi connectivity index (χ4v) is 0.876. The summed E-state index contributed by atoms with van der Waals surface area (Å²) in [5, 5.41) is 20.1. The molecule has 0 saturated heterocycles. The normalized spacial score (nSPS) is 11.6. The topological polar surface area (TPSA) is 69.6 Å². The van der Waals surface area contributed by atoms with Gasteiger partial charge in [-0.3, -0.25) is 4.79 Å². The number of carboxylic acids is 1. The Bertz CT molecular complexity index is 145. The molecule has 0 fully saturated rings. The minimum atomic E-state index is -0.803. The SMILES string of the molecule is CC(C)(CCO)NCCC(=O)O. The number of rotatable bonds is 6. The van der Waals surface area contributed by atoms with Crippen LogP contribution in [0, 0.1) is 0 Å². The first kappa shape index (κ1) is 11.4. The lowest BCUT2D eigenvalue weighted by molar-refractivity contribution is -0.136. The van der Waals surface area contributed by atoms with Crippen molar-refractivity contribution in [2.45, 2.75) is 32.2 Å². The lowest BCUT2D eigenvalue weighted by Gasteiger charge is -2.24. The van der Waals surface area contributed by atoms with Crippen molar-refractivity contribution in [2.75, 3.05) is 13.2 Å². The molecule has 0 atom stereocenters. The predicted octanol–water partition coefficient (Wildman–Crippen LogP) is 0.212. The highest BCUT2D eigenvalue weighted by Crippen LogP contribution is 2.06. The van der Waals surface area contributed by atoms with Gasteiger partial charge in [0.15, 0.2) is 0 Å². The zero-order chi connectivity index (χ0) is 9.61. The van der Waals surface area contributed by atoms with Crippen molar-refractivity contribution in [2.24, 2.45) is 0 Å². The van der Waals surface area contributed by atoms with E-state index in [9.17, 15) is 4.79 Å². The number of aliphatic hydroxyl groups is 1. The molecule has 0 aromatic heterocycles. The van der Waals surface area contributed by atoms with Crippen molar-refractivity contribution in [3.05, 3.63) is 0 Å². The number of hydrogen-bond donors (Lipinski definition) is 3. The highest BCUT2D eigenvalue weighted by atomic mass is 16.4. The average Bonchev–Trinajstić information content (AvgIpc) is 1.85. The van der Waals surface area contributed by atoms with E-state index in [0.29, 0.717) is 13.0 Å². The number of nitrogens with one attached hydrogen (secondary N) is 1. The molecule has 0 radical (unpaired) electrons. The molecular weight excluding hydrogens is 158 g/mol. The van der Waals surface area contributed by atoms with Crippen molar-refractivity contribution >= 4 is 5.97 Å². The number of aliphatic carboxylic acids is 1. The van der Waals surface area contributed by atoms with Crippen molar-refractivity contribution in [1.29, 1.82) is 0 Å². The fraction of sp³-hybridized carbons (Fsp3) is 0.875. The molecular formula is C8H17NO3. The van der Waals surface area contributed by atoms with Crippen LogP contribution in [0.3, 0.4) is 0 Å². The van der Waals surface area contributed by atoms with Crippen LogP contribution in [0.5, 0.6) is 0 Å². The smallest absolute Gasteiger partial charge is 0.304 e. The lowest BCUT2D eigenvalue weighted by Crippen LogP contribution is -2.41. The van der Waals surface area contributed by atoms with E-state index < -0.39 is 5.97 Å². The number of hydrogen-bond acceptors (Lipinski definition) is 3. The number of aliphatic hydroxyl groups excluding tert-OH is 1. The van der Waals surface area contributed by atoms with Crippen LogP contribution < -0.4 is 5.32 Å². The van der Waals surface area contributed by atoms with Crippen molar-refractivity contribution in [3.63, 3.8) is 0 Å². The van der Waals surface area contributed by atoms with Gasteiger partial charge in [-0.1, -0.05) is 0 Å². The minimum absolute atomic E-state index is 0.118. The van der Waals surface area contributed by atoms with Gasteiger partial charge < -0.3 is 15.5 Å². The average molecular weight is 175 g/mol. The molecule has 72 valence electrons. The minimum Gasteiger partial charge on any atom is -0.481 e. The van der Waals surface area contributed by atoms with E-state index >= 15 is 0 Å². The lowest BCUT2D eigenvalue weighted by atomic mass is 10.0. The van der Waals surface area contributed by atoms with Gasteiger partial charge >= 0.3 is 5.97 Å². The van der Waals surface area contributed by atoms with Gasteiger partial charge in [0.05, 0.1) is 6.42 Å². The molecule has 0 heterocycles. The maximum atomic E-state index is 10.2. The quantitative estimate of drug-likeness (QED) is 0.540. The maximum Gasteiger partial charge on any atom is 0.304 e. The van der Waals surface area contributed by atoms with E-state index in [0.717, 1.165) is 0 Å². The zero-order valence-electron chi connectivity index (χ0n) is 7.63. The Balaban J connectivity index is 3.53. The molecule has 0 aliphatic rings. The Labute approximate surface area is 72.6 Å². The van der Waals surface area contributed by atoms with Gasteiger partial charge in [-0.05, 0) is 20.3 Å². The van der Waals surface area contributed by atoms with Crippen LogP contribution >= 0.6 is 0 Å². The molecule has 0 aliphatic carbocycles. The third-order valence-electron chi connectivity index (χ3n) is 1.68. The molecule has 3 N–H and O–H groups in total. The Morgan fingerprint density at radius 2 is 2.08 bits per heavy atom. The van der Waals surface area contributed by atoms with Crippen LogP contribution in [0.1, 0.15) is 26.7 Å². The maximum absolute atomic E-state index is 10.2. The zero-order valence-corrected chi connectivity index (χ0v) is 7.63. The Morgan fingerprint density at radius 1 is 1.50 bits per heavy atom. The Morgan fingerprint density at radius 3 is 2.50 bits per heavy atom. The fourth-order valence-electron chi connectivity index (χ4n) is 0.876. The predicted molar refractivity (Wildman–Crippen MR) is 46.0 cm³/mol. The van der Waals surface area contributed by atoms with Gasteiger partial charge in [0.2, 0.25) is 0 Å². The van der Waals surface area contributed by atoms with Crippen LogP contribution in [0.25, 0.3) is 0 Å². The monoisotopic (exact) mass is 175 g/mol. The summed E-state index contributed by atoms with van der Waals surface area (Å²) < 4.78 is 0. The van der Waals surface area contributed by atoms with Crippen LogP contribution in [0.2, 0.25) is 0 Å². The van der Waals surface area contributed by atoms with Crippen molar-refractivity contribution in [3.8, 4) is 0 Å². The summed E-state index contributed by atoms with van der Waals surface area (Å²) in [5.41, 5.74) is -0.176. The van der Waals surface area contributed by atoms with E-state index in [1.54, 1.807) is 0 Å². The molecule has 0 aromatic rings. The van der Waals surface area contributed by atoms with Crippen LogP contribution in [-0.4, -0.2) is 34.9 Å². The molecule has 0 spiro atoms. The van der Waals surface area contributed by atoms with Crippen LogP contribution in [0.4, 0.5) is 0 Å². The van der Waals surface area contributed by atoms with Gasteiger partial charge in [0.1, 0.15) is 0 Å². The first-order valence-electron chi connectivity index (χ1n) is 4.05. The second kappa shape index (κ2) is 5.11. The molecule has 12 heavy (non-hydrogen) atoms. The molecule has 0 saturated carbocycles. The van der Waals surface area contributed by atoms with E-state index in [1.165, 1.54) is 0 Å². The third-order valence-corrected chi connectivity index (χ3v) is 1.68. The first-order chi connectivity index (χ1) is 5.48. The van der Waals surface area contributed by atoms with Gasteiger partial charge in [-0.15, -0.1) is 0 Å². The molecule has 0 aromatic carbocycles. The van der Waals surface area contributed by atoms with Crippen LogP contribution in [-0.2, 0) is 4.79 Å². The molecule has 0 aliphatic heterocycles. The van der Waals surface area contributed by atoms with Gasteiger partial charge in [0.25, 0.3) is 0 Å². The van der Waals surface area contributed by atoms with Crippen LogP contribution in [0.15, 0.2) is 0 Å². The van der Waals surface area contributed by atoms with E-state index in [4.69, 9.17) is 10.2 Å². The van der Waals surface area contributed by atoms with Crippen molar-refractivity contribution < 1.29 is 15.0 Å². The van der Waals surface area contributed by atoms with E-state index in [1.807, 2.05) is 13.8 Å². The van der Waals surface area contributed by atoms with E-state index in [-0.39, 0.29) is 18.6 Å². The summed E-state index contributed by atoms with van der Waals surface area (Å²) in [5.74, 6) is -0.803. The third kappa shape index (κ3) is 6.12. The summed E-state index contributed by atoms with van der Waals surface area (Å²) in [6.45, 7) is 4.44. The summed E-state index contributed by atoms with van der Waals surface area (Å²) in [4.78, 5) is 10.2. The highest BCUT2D eigenvalue weighted by molar-refractivity contribution is 5.66. The molecule has 0 unspecified atom stereocenters. The van der Waals surface area contributed by atoms with Gasteiger partial charge in [0, 0.05) is 18.7 Å². The molecule has 0 bridgehead atoms. The molecule has 4 nitrogen and oxygen atoms in total.